The van der Waals surface area contributed by atoms with Crippen molar-refractivity contribution in [2.75, 3.05) is 6.54 Å². The fourth-order valence-electron chi connectivity index (χ4n) is 3.70. The third-order valence-corrected chi connectivity index (χ3v) is 4.88. The lowest BCUT2D eigenvalue weighted by Crippen LogP contribution is -2.41. The lowest BCUT2D eigenvalue weighted by Gasteiger charge is -2.26. The molecule has 0 saturated carbocycles. The molecule has 0 aromatic rings. The third-order valence-electron chi connectivity index (χ3n) is 4.88. The largest absolute Gasteiger partial charge is 0.463 e. The normalized spacial score (nSPS) is 38.2. The number of ether oxygens (including phenoxy) is 2. The summed E-state index contributed by atoms with van der Waals surface area (Å²) in [5.74, 6) is -1.21. The van der Waals surface area contributed by atoms with Crippen molar-refractivity contribution in [1.82, 2.24) is 4.90 Å². The van der Waals surface area contributed by atoms with Gasteiger partial charge < -0.3 is 14.4 Å². The zero-order valence-corrected chi connectivity index (χ0v) is 13.0. The Morgan fingerprint density at radius 2 is 2.24 bits per heavy atom. The second-order valence-corrected chi connectivity index (χ2v) is 6.61. The number of hydrogen-bond acceptors (Lipinski definition) is 4. The molecule has 5 nitrogen and oxygen atoms in total. The highest BCUT2D eigenvalue weighted by Crippen LogP contribution is 2.52. The Morgan fingerprint density at radius 3 is 2.86 bits per heavy atom. The summed E-state index contributed by atoms with van der Waals surface area (Å²) in [4.78, 5) is 27.0. The van der Waals surface area contributed by atoms with E-state index in [1.165, 1.54) is 0 Å². The van der Waals surface area contributed by atoms with Gasteiger partial charge in [0, 0.05) is 6.04 Å². The van der Waals surface area contributed by atoms with Crippen LogP contribution >= 0.6 is 0 Å². The molecule has 116 valence electrons. The van der Waals surface area contributed by atoms with E-state index in [0.29, 0.717) is 6.54 Å². The maximum absolute atomic E-state index is 12.8. The molecule has 2 bridgehead atoms. The number of amides is 1. The number of likely N-dealkylation sites (tertiary alicyclic amines) is 1. The molecule has 0 aliphatic carbocycles. The van der Waals surface area contributed by atoms with Crippen molar-refractivity contribution in [2.45, 2.75) is 58.0 Å². The highest BCUT2D eigenvalue weighted by Gasteiger charge is 2.67. The molecular weight excluding hydrogens is 270 g/mol. The molecular formula is C16H23NO4. The van der Waals surface area contributed by atoms with Gasteiger partial charge >= 0.3 is 5.97 Å². The van der Waals surface area contributed by atoms with Gasteiger partial charge in [0.15, 0.2) is 0 Å². The van der Waals surface area contributed by atoms with Gasteiger partial charge in [-0.05, 0) is 27.2 Å². The standard InChI is InChI=1S/C16H23NO4/c1-5-10(4)17-8-16-7-6-11(21-16)12(13(16)14(17)18)15(19)20-9(2)3/h6-7,9-13H,5,8H2,1-4H3/t10-,11+,12-,13-,16+/m0/s1. The van der Waals surface area contributed by atoms with Crippen molar-refractivity contribution in [2.24, 2.45) is 11.8 Å². The first-order valence-electron chi connectivity index (χ1n) is 7.77. The number of rotatable bonds is 4. The SMILES string of the molecule is CC[C@H](C)N1C[C@@]23C=C[C@@H](O2)[C@H](C(=O)OC(C)C)[C@H]3C1=O. The average molecular weight is 293 g/mol. The molecule has 0 aromatic heterocycles. The van der Waals surface area contributed by atoms with E-state index in [1.807, 2.05) is 37.8 Å². The van der Waals surface area contributed by atoms with Crippen LogP contribution < -0.4 is 0 Å². The molecule has 0 aromatic carbocycles. The Hall–Kier alpha value is -1.36. The Morgan fingerprint density at radius 1 is 1.52 bits per heavy atom. The van der Waals surface area contributed by atoms with Gasteiger partial charge in [-0.15, -0.1) is 0 Å². The van der Waals surface area contributed by atoms with Crippen LogP contribution in [0.3, 0.4) is 0 Å². The minimum absolute atomic E-state index is 0.0295. The molecule has 1 spiro atoms. The summed E-state index contributed by atoms with van der Waals surface area (Å²) in [6, 6.07) is 0.162. The van der Waals surface area contributed by atoms with E-state index in [1.54, 1.807) is 0 Å². The minimum atomic E-state index is -0.619. The van der Waals surface area contributed by atoms with E-state index >= 15 is 0 Å². The summed E-state index contributed by atoms with van der Waals surface area (Å²) in [5, 5.41) is 0. The van der Waals surface area contributed by atoms with Crippen LogP contribution in [0.1, 0.15) is 34.1 Å². The van der Waals surface area contributed by atoms with Gasteiger partial charge in [0.1, 0.15) is 11.5 Å². The van der Waals surface area contributed by atoms with Crippen molar-refractivity contribution < 1.29 is 19.1 Å². The summed E-state index contributed by atoms with van der Waals surface area (Å²) in [7, 11) is 0. The maximum atomic E-state index is 12.8. The fourth-order valence-corrected chi connectivity index (χ4v) is 3.70. The molecule has 2 fully saturated rings. The Kier molecular flexibility index (Phi) is 3.35. The Labute approximate surface area is 125 Å². The first-order chi connectivity index (χ1) is 9.89. The van der Waals surface area contributed by atoms with Crippen LogP contribution in [0.15, 0.2) is 12.2 Å². The van der Waals surface area contributed by atoms with Crippen molar-refractivity contribution in [3.8, 4) is 0 Å². The molecule has 1 amide bonds. The van der Waals surface area contributed by atoms with E-state index < -0.39 is 17.4 Å². The molecule has 3 aliphatic heterocycles. The van der Waals surface area contributed by atoms with Crippen molar-refractivity contribution in [3.63, 3.8) is 0 Å². The van der Waals surface area contributed by atoms with Crippen LogP contribution in [0.4, 0.5) is 0 Å². The Balaban J connectivity index is 1.88. The van der Waals surface area contributed by atoms with Gasteiger partial charge in [0.2, 0.25) is 5.91 Å². The van der Waals surface area contributed by atoms with Gasteiger partial charge in [-0.2, -0.15) is 0 Å². The Bertz CT molecular complexity index is 501. The highest BCUT2D eigenvalue weighted by molar-refractivity contribution is 5.91. The second kappa shape index (κ2) is 4.83. The van der Waals surface area contributed by atoms with Gasteiger partial charge in [0.25, 0.3) is 0 Å². The topological polar surface area (TPSA) is 55.8 Å². The number of fused-ring (bicyclic) bond motifs is 1. The zero-order valence-electron chi connectivity index (χ0n) is 13.0. The van der Waals surface area contributed by atoms with E-state index in [-0.39, 0.29) is 30.1 Å². The second-order valence-electron chi connectivity index (χ2n) is 6.61. The van der Waals surface area contributed by atoms with Crippen LogP contribution in [0.25, 0.3) is 0 Å². The molecule has 0 N–H and O–H groups in total. The van der Waals surface area contributed by atoms with E-state index in [2.05, 4.69) is 6.92 Å². The first kappa shape index (κ1) is 14.6. The molecule has 0 unspecified atom stereocenters. The van der Waals surface area contributed by atoms with Crippen molar-refractivity contribution in [3.05, 3.63) is 12.2 Å². The number of nitrogens with zero attached hydrogens (tertiary/aromatic N) is 1. The molecule has 3 rings (SSSR count). The summed E-state index contributed by atoms with van der Waals surface area (Å²) >= 11 is 0. The first-order valence-corrected chi connectivity index (χ1v) is 7.77. The van der Waals surface area contributed by atoms with Gasteiger partial charge in [-0.1, -0.05) is 19.1 Å². The summed E-state index contributed by atoms with van der Waals surface area (Å²) in [6.07, 6.45) is 4.28. The molecule has 3 heterocycles. The summed E-state index contributed by atoms with van der Waals surface area (Å²) in [6.45, 7) is 8.28. The van der Waals surface area contributed by atoms with Crippen LogP contribution in [-0.2, 0) is 19.1 Å². The number of carbonyl (C=O) groups excluding carboxylic acids is 2. The van der Waals surface area contributed by atoms with Gasteiger partial charge in [-0.25, -0.2) is 0 Å². The summed E-state index contributed by atoms with van der Waals surface area (Å²) in [5.41, 5.74) is -0.619. The molecule has 5 heteroatoms. The molecule has 5 atom stereocenters. The van der Waals surface area contributed by atoms with Crippen LogP contribution in [0.5, 0.6) is 0 Å². The van der Waals surface area contributed by atoms with E-state index in [0.717, 1.165) is 6.42 Å². The lowest BCUT2D eigenvalue weighted by molar-refractivity contribution is -0.157. The molecule has 21 heavy (non-hydrogen) atoms. The third kappa shape index (κ3) is 2.01. The molecule has 2 saturated heterocycles. The van der Waals surface area contributed by atoms with Crippen LogP contribution in [0.2, 0.25) is 0 Å². The van der Waals surface area contributed by atoms with Gasteiger partial charge in [-0.3, -0.25) is 9.59 Å². The zero-order chi connectivity index (χ0) is 15.4. The molecule has 0 radical (unpaired) electrons. The van der Waals surface area contributed by atoms with Gasteiger partial charge in [0.05, 0.1) is 24.7 Å². The molecule has 3 aliphatic rings. The number of esters is 1. The average Bonchev–Trinajstić information content (AvgIpc) is 3.05. The quantitative estimate of drug-likeness (QED) is 0.582. The number of hydrogen-bond donors (Lipinski definition) is 0. The summed E-state index contributed by atoms with van der Waals surface area (Å²) < 4.78 is 11.4. The highest BCUT2D eigenvalue weighted by atomic mass is 16.6. The smallest absolute Gasteiger partial charge is 0.313 e. The van der Waals surface area contributed by atoms with Crippen molar-refractivity contribution in [1.29, 1.82) is 0 Å². The maximum Gasteiger partial charge on any atom is 0.313 e. The predicted octanol–water partition coefficient (Wildman–Crippen LogP) is 1.52. The van der Waals surface area contributed by atoms with E-state index in [4.69, 9.17) is 9.47 Å². The predicted molar refractivity (Wildman–Crippen MR) is 76.4 cm³/mol. The fraction of sp³-hybridized carbons (Fsp3) is 0.750. The monoisotopic (exact) mass is 293 g/mol. The minimum Gasteiger partial charge on any atom is -0.463 e. The van der Waals surface area contributed by atoms with Crippen molar-refractivity contribution >= 4 is 11.9 Å². The van der Waals surface area contributed by atoms with Crippen LogP contribution in [0, 0.1) is 11.8 Å². The van der Waals surface area contributed by atoms with Crippen LogP contribution in [-0.4, -0.2) is 47.2 Å². The lowest BCUT2D eigenvalue weighted by atomic mass is 9.77. The van der Waals surface area contributed by atoms with E-state index in [9.17, 15) is 9.59 Å². The number of carbonyl (C=O) groups is 2.